The molecule has 0 bridgehead atoms. The van der Waals surface area contributed by atoms with Crippen LogP contribution in [0.2, 0.25) is 10.0 Å². The van der Waals surface area contributed by atoms with E-state index in [2.05, 4.69) is 15.5 Å². The van der Waals surface area contributed by atoms with E-state index in [1.807, 2.05) is 6.92 Å². The third-order valence-electron chi connectivity index (χ3n) is 5.17. The lowest BCUT2D eigenvalue weighted by atomic mass is 10.2. The van der Waals surface area contributed by atoms with Gasteiger partial charge in [-0.05, 0) is 55.8 Å². The molecule has 3 aromatic carbocycles. The lowest BCUT2D eigenvalue weighted by Crippen LogP contribution is -2.38. The number of carbonyl (C=O) groups is 1. The predicted molar refractivity (Wildman–Crippen MR) is 141 cm³/mol. The van der Waals surface area contributed by atoms with Crippen LogP contribution >= 0.6 is 34.5 Å². The van der Waals surface area contributed by atoms with E-state index in [4.69, 9.17) is 23.2 Å². The normalized spacial score (nSPS) is 11.3. The highest BCUT2D eigenvalue weighted by Gasteiger charge is 2.29. The van der Waals surface area contributed by atoms with Gasteiger partial charge in [-0.1, -0.05) is 70.4 Å². The summed E-state index contributed by atoms with van der Waals surface area (Å²) >= 11 is 13.4. The number of aryl methyl sites for hydroxylation is 1. The molecule has 0 saturated carbocycles. The van der Waals surface area contributed by atoms with Crippen LogP contribution < -0.4 is 9.62 Å². The largest absolute Gasteiger partial charge is 0.299 e. The number of benzene rings is 3. The van der Waals surface area contributed by atoms with Crippen LogP contribution in [0.25, 0.3) is 10.6 Å². The number of halogens is 2. The molecule has 1 heterocycles. The van der Waals surface area contributed by atoms with E-state index < -0.39 is 22.5 Å². The minimum absolute atomic E-state index is 0.0659. The molecule has 11 heteroatoms. The van der Waals surface area contributed by atoms with E-state index in [1.165, 1.54) is 23.5 Å². The zero-order valence-electron chi connectivity index (χ0n) is 18.7. The fraction of sp³-hybridized carbons (Fsp3) is 0.125. The summed E-state index contributed by atoms with van der Waals surface area (Å²) in [4.78, 5) is 13.1. The molecule has 0 radical (unpaired) electrons. The molecule has 0 aliphatic rings. The molecule has 0 saturated heterocycles. The van der Waals surface area contributed by atoms with Crippen LogP contribution in [-0.2, 0) is 14.8 Å². The molecule has 0 fully saturated rings. The van der Waals surface area contributed by atoms with E-state index in [0.717, 1.165) is 15.4 Å². The van der Waals surface area contributed by atoms with Crippen LogP contribution in [0.1, 0.15) is 11.1 Å². The minimum Gasteiger partial charge on any atom is -0.299 e. The average molecular weight is 547 g/mol. The number of anilines is 2. The Morgan fingerprint density at radius 1 is 0.971 bits per heavy atom. The van der Waals surface area contributed by atoms with Crippen LogP contribution in [-0.4, -0.2) is 31.1 Å². The van der Waals surface area contributed by atoms with E-state index in [-0.39, 0.29) is 10.0 Å². The SMILES string of the molecule is Cc1ccc(S(=O)(=O)N(CC(=O)Nc2nnc(-c3ccc(Cl)cc3)s2)c2cccc(Cl)c2C)cc1. The van der Waals surface area contributed by atoms with Gasteiger partial charge in [0.05, 0.1) is 10.6 Å². The first-order valence-corrected chi connectivity index (χ1v) is 13.4. The zero-order valence-corrected chi connectivity index (χ0v) is 21.8. The van der Waals surface area contributed by atoms with Crippen molar-refractivity contribution in [3.05, 3.63) is 87.9 Å². The fourth-order valence-corrected chi connectivity index (χ4v) is 5.81. The maximum Gasteiger partial charge on any atom is 0.264 e. The van der Waals surface area contributed by atoms with E-state index >= 15 is 0 Å². The van der Waals surface area contributed by atoms with Crippen molar-refractivity contribution < 1.29 is 13.2 Å². The second-order valence-electron chi connectivity index (χ2n) is 7.68. The highest BCUT2D eigenvalue weighted by atomic mass is 35.5. The Hall–Kier alpha value is -2.98. The highest BCUT2D eigenvalue weighted by molar-refractivity contribution is 7.92. The molecule has 4 rings (SSSR count). The van der Waals surface area contributed by atoms with Crippen molar-refractivity contribution in [2.75, 3.05) is 16.2 Å². The number of carbonyl (C=O) groups excluding carboxylic acids is 1. The fourth-order valence-electron chi connectivity index (χ4n) is 3.28. The Balaban J connectivity index is 1.62. The summed E-state index contributed by atoms with van der Waals surface area (Å²) in [7, 11) is -4.07. The zero-order chi connectivity index (χ0) is 25.2. The summed E-state index contributed by atoms with van der Waals surface area (Å²) in [5.41, 5.74) is 2.57. The van der Waals surface area contributed by atoms with Gasteiger partial charge in [0.2, 0.25) is 11.0 Å². The Labute approximate surface area is 217 Å². The van der Waals surface area contributed by atoms with E-state index in [0.29, 0.717) is 26.3 Å². The first-order chi connectivity index (χ1) is 16.6. The number of rotatable bonds is 7. The van der Waals surface area contributed by atoms with Crippen molar-refractivity contribution in [1.29, 1.82) is 0 Å². The molecule has 0 aliphatic heterocycles. The molecule has 0 unspecified atom stereocenters. The maximum absolute atomic E-state index is 13.6. The van der Waals surface area contributed by atoms with Crippen molar-refractivity contribution in [2.24, 2.45) is 0 Å². The molecular weight excluding hydrogens is 527 g/mol. The van der Waals surface area contributed by atoms with Gasteiger partial charge in [0.1, 0.15) is 11.6 Å². The first kappa shape index (κ1) is 25.1. The van der Waals surface area contributed by atoms with Gasteiger partial charge in [0.25, 0.3) is 10.0 Å². The molecule has 4 aromatic rings. The molecule has 0 atom stereocenters. The van der Waals surface area contributed by atoms with E-state index in [9.17, 15) is 13.2 Å². The number of amides is 1. The van der Waals surface area contributed by atoms with Gasteiger partial charge < -0.3 is 0 Å². The van der Waals surface area contributed by atoms with Crippen molar-refractivity contribution in [2.45, 2.75) is 18.7 Å². The van der Waals surface area contributed by atoms with Crippen LogP contribution in [0.4, 0.5) is 10.8 Å². The smallest absolute Gasteiger partial charge is 0.264 e. The van der Waals surface area contributed by atoms with E-state index in [1.54, 1.807) is 61.5 Å². The number of hydrogen-bond donors (Lipinski definition) is 1. The van der Waals surface area contributed by atoms with Crippen LogP contribution in [0.15, 0.2) is 71.6 Å². The Bertz CT molecular complexity index is 1470. The highest BCUT2D eigenvalue weighted by Crippen LogP contribution is 2.31. The summed E-state index contributed by atoms with van der Waals surface area (Å²) in [6.45, 7) is 3.09. The van der Waals surface area contributed by atoms with Crippen molar-refractivity contribution >= 4 is 61.3 Å². The second kappa shape index (κ2) is 10.3. The molecule has 1 aromatic heterocycles. The van der Waals surface area contributed by atoms with Gasteiger partial charge in [0.15, 0.2) is 0 Å². The van der Waals surface area contributed by atoms with Crippen molar-refractivity contribution in [3.63, 3.8) is 0 Å². The summed E-state index contributed by atoms with van der Waals surface area (Å²) in [5.74, 6) is -0.570. The monoisotopic (exact) mass is 546 g/mol. The minimum atomic E-state index is -4.07. The van der Waals surface area contributed by atoms with Gasteiger partial charge >= 0.3 is 0 Å². The number of nitrogens with zero attached hydrogens (tertiary/aromatic N) is 3. The molecule has 7 nitrogen and oxygen atoms in total. The topological polar surface area (TPSA) is 92.3 Å². The quantitative estimate of drug-likeness (QED) is 0.308. The average Bonchev–Trinajstić information content (AvgIpc) is 3.28. The number of sulfonamides is 1. The summed E-state index contributed by atoms with van der Waals surface area (Å²) in [5, 5.41) is 12.6. The van der Waals surface area contributed by atoms with Crippen LogP contribution in [0, 0.1) is 13.8 Å². The Kier molecular flexibility index (Phi) is 7.42. The van der Waals surface area contributed by atoms with Gasteiger partial charge in [-0.2, -0.15) is 0 Å². The number of hydrogen-bond acceptors (Lipinski definition) is 6. The lowest BCUT2D eigenvalue weighted by molar-refractivity contribution is -0.114. The standard InChI is InChI=1S/C24H20Cl2N4O3S2/c1-15-6-12-19(13-7-15)35(32,33)30(21-5-3-4-20(26)16(21)2)14-22(31)27-24-29-28-23(34-24)17-8-10-18(25)11-9-17/h3-13H,14H2,1-2H3,(H,27,29,31). The molecular formula is C24H20Cl2N4O3S2. The molecule has 0 aliphatic carbocycles. The van der Waals surface area contributed by atoms with Gasteiger partial charge in [-0.3, -0.25) is 14.4 Å². The molecule has 1 amide bonds. The third kappa shape index (κ3) is 5.65. The number of nitrogens with one attached hydrogen (secondary N) is 1. The van der Waals surface area contributed by atoms with Crippen molar-refractivity contribution in [3.8, 4) is 10.6 Å². The van der Waals surface area contributed by atoms with Gasteiger partial charge in [-0.15, -0.1) is 10.2 Å². The third-order valence-corrected chi connectivity index (χ3v) is 8.49. The molecule has 35 heavy (non-hydrogen) atoms. The predicted octanol–water partition coefficient (Wildman–Crippen LogP) is 5.96. The molecule has 1 N–H and O–H groups in total. The number of aromatic nitrogens is 2. The van der Waals surface area contributed by atoms with Crippen molar-refractivity contribution in [1.82, 2.24) is 10.2 Å². The lowest BCUT2D eigenvalue weighted by Gasteiger charge is -2.25. The maximum atomic E-state index is 13.6. The van der Waals surface area contributed by atoms with Gasteiger partial charge in [0, 0.05) is 15.6 Å². The molecule has 180 valence electrons. The van der Waals surface area contributed by atoms with Gasteiger partial charge in [-0.25, -0.2) is 8.42 Å². The summed E-state index contributed by atoms with van der Waals surface area (Å²) < 4.78 is 28.2. The van der Waals surface area contributed by atoms with Crippen LogP contribution in [0.5, 0.6) is 0 Å². The summed E-state index contributed by atoms with van der Waals surface area (Å²) in [6, 6.07) is 18.4. The summed E-state index contributed by atoms with van der Waals surface area (Å²) in [6.07, 6.45) is 0. The Morgan fingerprint density at radius 3 is 2.34 bits per heavy atom. The second-order valence-corrected chi connectivity index (χ2v) is 11.4. The molecule has 0 spiro atoms. The Morgan fingerprint density at radius 2 is 1.66 bits per heavy atom. The van der Waals surface area contributed by atoms with Crippen LogP contribution in [0.3, 0.4) is 0 Å². The first-order valence-electron chi connectivity index (χ1n) is 10.4.